The van der Waals surface area contributed by atoms with E-state index in [0.717, 1.165) is 11.1 Å². The van der Waals surface area contributed by atoms with Crippen molar-refractivity contribution in [3.05, 3.63) is 23.3 Å². The molecule has 4 aliphatic rings. The van der Waals surface area contributed by atoms with E-state index in [4.69, 9.17) is 9.47 Å². The number of aliphatic hydroxyl groups is 2. The number of esters is 2. The predicted octanol–water partition coefficient (Wildman–Crippen LogP) is 1.12. The molecule has 4 rings (SSSR count). The Morgan fingerprint density at radius 3 is 2.72 bits per heavy atom. The Kier molecular flexibility index (Phi) is 3.48. The summed E-state index contributed by atoms with van der Waals surface area (Å²) in [5.74, 6) is -1.22. The van der Waals surface area contributed by atoms with E-state index in [-0.39, 0.29) is 24.4 Å². The van der Waals surface area contributed by atoms with Gasteiger partial charge in [0.05, 0.1) is 11.5 Å². The summed E-state index contributed by atoms with van der Waals surface area (Å²) >= 11 is 0. The van der Waals surface area contributed by atoms with Crippen LogP contribution in [-0.4, -0.2) is 47.1 Å². The monoisotopic (exact) mass is 348 g/mol. The molecule has 2 aliphatic carbocycles. The van der Waals surface area contributed by atoms with Crippen LogP contribution in [-0.2, 0) is 19.1 Å². The summed E-state index contributed by atoms with van der Waals surface area (Å²) in [4.78, 5) is 24.8. The first-order valence-electron chi connectivity index (χ1n) is 8.88. The molecule has 7 atom stereocenters. The second-order valence-electron chi connectivity index (χ2n) is 8.30. The molecule has 2 heterocycles. The summed E-state index contributed by atoms with van der Waals surface area (Å²) in [7, 11) is 0. The summed E-state index contributed by atoms with van der Waals surface area (Å²) in [6, 6.07) is 0. The molecule has 2 aliphatic heterocycles. The first kappa shape index (κ1) is 16.8. The lowest BCUT2D eigenvalue weighted by molar-refractivity contribution is -0.149. The third-order valence-electron chi connectivity index (χ3n) is 6.85. The molecule has 0 spiro atoms. The summed E-state index contributed by atoms with van der Waals surface area (Å²) in [5.41, 5.74) is 0.0526. The first-order chi connectivity index (χ1) is 11.7. The lowest BCUT2D eigenvalue weighted by atomic mass is 9.48. The van der Waals surface area contributed by atoms with E-state index in [1.807, 2.05) is 19.9 Å². The van der Waals surface area contributed by atoms with Gasteiger partial charge in [-0.15, -0.1) is 0 Å². The number of cyclic esters (lactones) is 1. The van der Waals surface area contributed by atoms with Gasteiger partial charge in [-0.05, 0) is 37.0 Å². The average molecular weight is 348 g/mol. The summed E-state index contributed by atoms with van der Waals surface area (Å²) < 4.78 is 11.1. The van der Waals surface area contributed by atoms with Gasteiger partial charge >= 0.3 is 11.9 Å². The highest BCUT2D eigenvalue weighted by Crippen LogP contribution is 2.64. The van der Waals surface area contributed by atoms with Crippen molar-refractivity contribution in [1.29, 1.82) is 0 Å². The minimum atomic E-state index is -0.763. The maximum Gasteiger partial charge on any atom is 0.331 e. The molecule has 0 aromatic rings. The first-order valence-corrected chi connectivity index (χ1v) is 8.88. The molecule has 1 saturated carbocycles. The Balaban J connectivity index is 1.92. The van der Waals surface area contributed by atoms with Crippen molar-refractivity contribution in [3.63, 3.8) is 0 Å². The topological polar surface area (TPSA) is 93.1 Å². The van der Waals surface area contributed by atoms with Crippen molar-refractivity contribution in [2.75, 3.05) is 6.61 Å². The maximum absolute atomic E-state index is 12.6. The zero-order chi connectivity index (χ0) is 18.1. The van der Waals surface area contributed by atoms with Gasteiger partial charge in [0.2, 0.25) is 0 Å². The lowest BCUT2D eigenvalue weighted by Crippen LogP contribution is -2.57. The van der Waals surface area contributed by atoms with Gasteiger partial charge in [0.15, 0.2) is 0 Å². The molecule has 25 heavy (non-hydrogen) atoms. The summed E-state index contributed by atoms with van der Waals surface area (Å²) in [6.07, 6.45) is 2.63. The molecule has 0 radical (unpaired) electrons. The van der Waals surface area contributed by atoms with Crippen molar-refractivity contribution in [2.45, 2.75) is 51.9 Å². The molecule has 0 unspecified atom stereocenters. The van der Waals surface area contributed by atoms with Crippen LogP contribution >= 0.6 is 0 Å². The van der Waals surface area contributed by atoms with Gasteiger partial charge in [0.25, 0.3) is 0 Å². The third kappa shape index (κ3) is 1.98. The van der Waals surface area contributed by atoms with E-state index in [2.05, 4.69) is 0 Å². The van der Waals surface area contributed by atoms with E-state index in [0.29, 0.717) is 12.8 Å². The fraction of sp³-hybridized carbons (Fsp3) is 0.684. The normalized spacial score (nSPS) is 46.3. The highest BCUT2D eigenvalue weighted by atomic mass is 16.6. The molecule has 0 aromatic heterocycles. The number of fused-ring (bicyclic) bond motifs is 2. The number of carbonyl (C=O) groups is 2. The van der Waals surface area contributed by atoms with Gasteiger partial charge in [0, 0.05) is 29.9 Å². The Hall–Kier alpha value is -1.66. The number of aliphatic hydroxyl groups excluding tert-OH is 2. The molecular weight excluding hydrogens is 324 g/mol. The highest BCUT2D eigenvalue weighted by Gasteiger charge is 2.68. The van der Waals surface area contributed by atoms with Crippen LogP contribution in [0, 0.1) is 22.7 Å². The van der Waals surface area contributed by atoms with Crippen LogP contribution in [0.4, 0.5) is 0 Å². The van der Waals surface area contributed by atoms with Crippen LogP contribution in [0.3, 0.4) is 0 Å². The quantitative estimate of drug-likeness (QED) is 0.727. The fourth-order valence-corrected chi connectivity index (χ4v) is 5.42. The number of rotatable bonds is 2. The average Bonchev–Trinajstić information content (AvgIpc) is 2.83. The van der Waals surface area contributed by atoms with Crippen LogP contribution in [0.2, 0.25) is 0 Å². The molecule has 136 valence electrons. The van der Waals surface area contributed by atoms with Crippen molar-refractivity contribution in [2.24, 2.45) is 22.7 Å². The molecule has 2 N–H and O–H groups in total. The summed E-state index contributed by atoms with van der Waals surface area (Å²) in [6.45, 7) is 5.50. The van der Waals surface area contributed by atoms with E-state index >= 15 is 0 Å². The largest absolute Gasteiger partial charge is 0.457 e. The molecule has 6 nitrogen and oxygen atoms in total. The number of hydrogen-bond acceptors (Lipinski definition) is 6. The molecule has 6 heteroatoms. The second kappa shape index (κ2) is 5.17. The molecule has 0 amide bonds. The standard InChI is InChI=1S/C19H24O6/c1-9(8-20)15-10-6-12-16-18(2,17(23)24-12)5-4-13(21)19(16,3)11(10)7-14(22)25-15/h6-7,9,12-13,15-16,20-21H,4-5,8H2,1-3H3/t9-,12-,13-,15-,16+,18+,19+/m1/s1. The minimum absolute atomic E-state index is 0.132. The van der Waals surface area contributed by atoms with Gasteiger partial charge in [-0.1, -0.05) is 13.8 Å². The Morgan fingerprint density at radius 2 is 2.04 bits per heavy atom. The minimum Gasteiger partial charge on any atom is -0.457 e. The second-order valence-corrected chi connectivity index (χ2v) is 8.30. The third-order valence-corrected chi connectivity index (χ3v) is 6.85. The molecule has 2 fully saturated rings. The molecular formula is C19H24O6. The van der Waals surface area contributed by atoms with Crippen molar-refractivity contribution in [3.8, 4) is 0 Å². The van der Waals surface area contributed by atoms with E-state index in [1.165, 1.54) is 6.08 Å². The van der Waals surface area contributed by atoms with Gasteiger partial charge in [-0.2, -0.15) is 0 Å². The lowest BCUT2D eigenvalue weighted by Gasteiger charge is -2.55. The Bertz CT molecular complexity index is 709. The molecule has 0 aromatic carbocycles. The van der Waals surface area contributed by atoms with Crippen LogP contribution in [0.5, 0.6) is 0 Å². The van der Waals surface area contributed by atoms with E-state index in [1.54, 1.807) is 6.92 Å². The van der Waals surface area contributed by atoms with Crippen molar-refractivity contribution >= 4 is 11.9 Å². The van der Waals surface area contributed by atoms with Gasteiger partial charge < -0.3 is 19.7 Å². The number of hydrogen-bond donors (Lipinski definition) is 2. The Morgan fingerprint density at radius 1 is 1.32 bits per heavy atom. The smallest absolute Gasteiger partial charge is 0.331 e. The fourth-order valence-electron chi connectivity index (χ4n) is 5.42. The van der Waals surface area contributed by atoms with Crippen molar-refractivity contribution in [1.82, 2.24) is 0 Å². The number of ether oxygens (including phenoxy) is 2. The van der Waals surface area contributed by atoms with Gasteiger partial charge in [-0.3, -0.25) is 4.79 Å². The SMILES string of the molecule is C[C@H](CO)[C@H]1OC(=O)C=C2C1=C[C@H]1OC(=O)[C@@]3(C)CC[C@@H](O)[C@@]2(C)[C@@H]13. The van der Waals surface area contributed by atoms with Crippen LogP contribution in [0.15, 0.2) is 23.3 Å². The van der Waals surface area contributed by atoms with Crippen LogP contribution in [0.1, 0.15) is 33.6 Å². The van der Waals surface area contributed by atoms with Gasteiger partial charge in [0.1, 0.15) is 12.2 Å². The maximum atomic E-state index is 12.6. The van der Waals surface area contributed by atoms with Crippen LogP contribution in [0.25, 0.3) is 0 Å². The number of carbonyl (C=O) groups excluding carboxylic acids is 2. The highest BCUT2D eigenvalue weighted by molar-refractivity contribution is 5.88. The molecule has 1 saturated heterocycles. The van der Waals surface area contributed by atoms with Gasteiger partial charge in [-0.25, -0.2) is 4.79 Å². The zero-order valence-corrected chi connectivity index (χ0v) is 14.7. The Labute approximate surface area is 146 Å². The van der Waals surface area contributed by atoms with Crippen LogP contribution < -0.4 is 0 Å². The van der Waals surface area contributed by atoms with E-state index < -0.39 is 35.1 Å². The summed E-state index contributed by atoms with van der Waals surface area (Å²) in [5, 5.41) is 20.5. The molecule has 0 bridgehead atoms. The predicted molar refractivity (Wildman–Crippen MR) is 87.1 cm³/mol. The van der Waals surface area contributed by atoms with Crippen molar-refractivity contribution < 1.29 is 29.3 Å². The zero-order valence-electron chi connectivity index (χ0n) is 14.7. The van der Waals surface area contributed by atoms with E-state index in [9.17, 15) is 19.8 Å².